The molecule has 0 heterocycles. The topological polar surface area (TPSA) is 27.7 Å². The molecule has 0 rings (SSSR count). The zero-order valence-electron chi connectivity index (χ0n) is 34.5. The average molecular weight is 703 g/mol. The van der Waals surface area contributed by atoms with Crippen molar-refractivity contribution in [3.8, 4) is 0 Å². The van der Waals surface area contributed by atoms with Crippen molar-refractivity contribution in [3.05, 3.63) is 0 Å². The summed E-state index contributed by atoms with van der Waals surface area (Å²) in [6.45, 7) is 44.2. The molecule has 0 aliphatic heterocycles. The molecule has 0 aromatic heterocycles. The van der Waals surface area contributed by atoms with E-state index in [4.69, 9.17) is 13.3 Å². The second-order valence-electron chi connectivity index (χ2n) is 17.2. The smallest absolute Gasteiger partial charge is 0.217 e. The van der Waals surface area contributed by atoms with Crippen molar-refractivity contribution in [2.45, 2.75) is 245 Å². The highest BCUT2D eigenvalue weighted by atomic mass is 28.4. The number of rotatable bonds is 26. The molecule has 2 unspecified atom stereocenters. The molecule has 0 aliphatic rings. The first-order valence-corrected chi connectivity index (χ1v) is 32.2. The van der Waals surface area contributed by atoms with E-state index < -0.39 is 33.0 Å². The Bertz CT molecular complexity index is 807. The van der Waals surface area contributed by atoms with Gasteiger partial charge in [-0.1, -0.05) is 127 Å². The summed E-state index contributed by atoms with van der Waals surface area (Å²) in [5.74, 6) is 0. The van der Waals surface area contributed by atoms with Crippen LogP contribution in [0.1, 0.15) is 159 Å². The second-order valence-corrected chi connectivity index (χ2v) is 35.3. The summed E-state index contributed by atoms with van der Waals surface area (Å²) in [4.78, 5) is 0. The maximum atomic E-state index is 8.21. The number of hydrogen-bond acceptors (Lipinski definition) is 3. The predicted molar refractivity (Wildman–Crippen MR) is 215 cm³/mol. The maximum Gasteiger partial charge on any atom is 0.217 e. The van der Waals surface area contributed by atoms with Gasteiger partial charge in [0, 0.05) is 10.3 Å². The molecule has 0 radical (unpaired) electrons. The molecule has 0 N–H and O–H groups in total. The lowest BCUT2D eigenvalue weighted by Crippen LogP contribution is -2.70. The minimum absolute atomic E-state index is 0.0121. The van der Waals surface area contributed by atoms with Crippen LogP contribution in [0, 0.1) is 0 Å². The molecule has 0 fully saturated rings. The van der Waals surface area contributed by atoms with E-state index in [1.165, 1.54) is 57.4 Å². The fraction of sp³-hybridized carbons (Fsp3) is 1.00. The fourth-order valence-electron chi connectivity index (χ4n) is 9.65. The molecular formula is C38H86O3Si4. The minimum Gasteiger partial charge on any atom is -0.414 e. The summed E-state index contributed by atoms with van der Waals surface area (Å²) in [5, 5.41) is -0.137. The molecule has 7 heteroatoms. The van der Waals surface area contributed by atoms with Gasteiger partial charge in [0.05, 0.1) is 18.9 Å². The lowest BCUT2D eigenvalue weighted by Gasteiger charge is -2.63. The number of unbranched alkanes of at least 4 members (excludes halogenated alkanes) is 5. The Balaban J connectivity index is 7.53. The summed E-state index contributed by atoms with van der Waals surface area (Å²) in [7, 11) is -8.24. The van der Waals surface area contributed by atoms with E-state index in [1.54, 1.807) is 0 Å². The lowest BCUT2D eigenvalue weighted by molar-refractivity contribution is -0.0404. The van der Waals surface area contributed by atoms with E-state index in [0.29, 0.717) is 0 Å². The third-order valence-corrected chi connectivity index (χ3v) is 26.5. The first-order chi connectivity index (χ1) is 20.7. The molecule has 272 valence electrons. The zero-order valence-corrected chi connectivity index (χ0v) is 38.5. The van der Waals surface area contributed by atoms with E-state index in [9.17, 15) is 0 Å². The largest absolute Gasteiger partial charge is 0.414 e. The van der Waals surface area contributed by atoms with Gasteiger partial charge in [0.15, 0.2) is 16.6 Å². The minimum atomic E-state index is -2.40. The van der Waals surface area contributed by atoms with Crippen LogP contribution in [-0.4, -0.2) is 49.1 Å². The summed E-state index contributed by atoms with van der Waals surface area (Å²) in [6.07, 6.45) is 17.9. The Morgan fingerprint density at radius 2 is 0.911 bits per heavy atom. The van der Waals surface area contributed by atoms with Crippen LogP contribution in [-0.2, 0) is 13.3 Å². The van der Waals surface area contributed by atoms with Crippen molar-refractivity contribution >= 4 is 33.0 Å². The molecule has 0 aromatic rings. The monoisotopic (exact) mass is 703 g/mol. The van der Waals surface area contributed by atoms with Crippen LogP contribution >= 0.6 is 0 Å². The van der Waals surface area contributed by atoms with Crippen LogP contribution in [0.25, 0.3) is 0 Å². The molecule has 0 spiro atoms. The Morgan fingerprint density at radius 3 is 1.27 bits per heavy atom. The molecule has 0 saturated carbocycles. The summed E-state index contributed by atoms with van der Waals surface area (Å²) in [5.41, 5.74) is -0.223. The standard InChI is InChI=1S/C38H86O3Si4/c1-19-28-29-30-31-32-34-45(18,41-38(27-9,33-20-2)42(10,11)12)36(23-5,24-6)35(21-3,22-4)39-44(16,17)37(25-7,26-8)40-43(13,14)15/h19-34H2,1-18H3. The Hall–Kier alpha value is 0.748. The third-order valence-electron chi connectivity index (χ3n) is 12.4. The van der Waals surface area contributed by atoms with Crippen molar-refractivity contribution in [3.63, 3.8) is 0 Å². The van der Waals surface area contributed by atoms with Gasteiger partial charge in [-0.2, -0.15) is 0 Å². The van der Waals surface area contributed by atoms with Gasteiger partial charge in [-0.15, -0.1) is 0 Å². The van der Waals surface area contributed by atoms with Gasteiger partial charge < -0.3 is 13.3 Å². The van der Waals surface area contributed by atoms with Crippen LogP contribution in [0.3, 0.4) is 0 Å². The van der Waals surface area contributed by atoms with E-state index in [0.717, 1.165) is 44.9 Å². The number of hydrogen-bond donors (Lipinski definition) is 0. The molecule has 45 heavy (non-hydrogen) atoms. The van der Waals surface area contributed by atoms with Gasteiger partial charge in [0.2, 0.25) is 8.32 Å². The first kappa shape index (κ1) is 45.7. The molecule has 2 atom stereocenters. The van der Waals surface area contributed by atoms with Crippen LogP contribution in [0.15, 0.2) is 0 Å². The highest BCUT2D eigenvalue weighted by Crippen LogP contribution is 2.62. The van der Waals surface area contributed by atoms with E-state index in [1.807, 2.05) is 0 Å². The quantitative estimate of drug-likeness (QED) is 0.0663. The lowest BCUT2D eigenvalue weighted by atomic mass is 9.78. The SMILES string of the molecule is CCCCCCCC[Si](C)(OC(CC)(CCC)[Si](C)(C)C)C(CC)(CC)C(CC)(CC)O[Si](C)(C)C(CC)(CC)O[Si](C)(C)C. The van der Waals surface area contributed by atoms with Gasteiger partial charge in [0.25, 0.3) is 0 Å². The molecule has 0 bridgehead atoms. The van der Waals surface area contributed by atoms with Crippen molar-refractivity contribution in [1.29, 1.82) is 0 Å². The van der Waals surface area contributed by atoms with Crippen molar-refractivity contribution in [2.75, 3.05) is 0 Å². The zero-order chi connectivity index (χ0) is 35.4. The summed E-state index contributed by atoms with van der Waals surface area (Å²) >= 11 is 0. The molecule has 0 aromatic carbocycles. The van der Waals surface area contributed by atoms with Gasteiger partial charge >= 0.3 is 0 Å². The van der Waals surface area contributed by atoms with Gasteiger partial charge in [-0.05, 0) is 96.7 Å². The fourth-order valence-corrected chi connectivity index (χ4v) is 26.1. The van der Waals surface area contributed by atoms with Crippen LogP contribution < -0.4 is 0 Å². The second kappa shape index (κ2) is 18.7. The Kier molecular flexibility index (Phi) is 19.0. The summed E-state index contributed by atoms with van der Waals surface area (Å²) < 4.78 is 23.5. The van der Waals surface area contributed by atoms with Gasteiger partial charge in [0.1, 0.15) is 0 Å². The van der Waals surface area contributed by atoms with Crippen LogP contribution in [0.5, 0.6) is 0 Å². The van der Waals surface area contributed by atoms with Crippen LogP contribution in [0.2, 0.25) is 70.0 Å². The Labute approximate surface area is 289 Å². The van der Waals surface area contributed by atoms with Crippen LogP contribution in [0.4, 0.5) is 0 Å². The van der Waals surface area contributed by atoms with Gasteiger partial charge in [-0.3, -0.25) is 0 Å². The van der Waals surface area contributed by atoms with E-state index in [2.05, 4.69) is 121 Å². The van der Waals surface area contributed by atoms with Gasteiger partial charge in [-0.25, -0.2) is 0 Å². The average Bonchev–Trinajstić information content (AvgIpc) is 2.96. The molecule has 0 aliphatic carbocycles. The highest BCUT2D eigenvalue weighted by Gasteiger charge is 2.65. The van der Waals surface area contributed by atoms with Crippen molar-refractivity contribution in [2.24, 2.45) is 0 Å². The molecule has 0 saturated heterocycles. The third kappa shape index (κ3) is 10.4. The molecule has 3 nitrogen and oxygen atoms in total. The highest BCUT2D eigenvalue weighted by molar-refractivity contribution is 6.82. The predicted octanol–water partition coefficient (Wildman–Crippen LogP) is 14.1. The summed E-state index contributed by atoms with van der Waals surface area (Å²) in [6, 6.07) is 1.25. The van der Waals surface area contributed by atoms with E-state index >= 15 is 0 Å². The normalized spacial score (nSPS) is 16.9. The van der Waals surface area contributed by atoms with Crippen molar-refractivity contribution < 1.29 is 13.3 Å². The van der Waals surface area contributed by atoms with Crippen molar-refractivity contribution in [1.82, 2.24) is 0 Å². The molecule has 0 amide bonds. The molecular weight excluding hydrogens is 617 g/mol. The maximum absolute atomic E-state index is 8.21. The van der Waals surface area contributed by atoms with E-state index in [-0.39, 0.29) is 21.1 Å². The first-order valence-electron chi connectivity index (χ1n) is 19.8. The Morgan fingerprint density at radius 1 is 0.444 bits per heavy atom.